The van der Waals surface area contributed by atoms with Crippen molar-refractivity contribution in [2.24, 2.45) is 0 Å². The zero-order chi connectivity index (χ0) is 19.6. The molecule has 1 aliphatic rings. The first-order valence-corrected chi connectivity index (χ1v) is 11.2. The van der Waals surface area contributed by atoms with Gasteiger partial charge in [0.05, 0.1) is 13.2 Å². The fourth-order valence-corrected chi connectivity index (χ4v) is 3.82. The lowest BCUT2D eigenvalue weighted by Crippen LogP contribution is -2.25. The molecule has 0 N–H and O–H groups in total. The monoisotopic (exact) mass is 380 g/mol. The SMILES string of the molecule is CCCCCCc1ccc([C@H]2CO[C@H](c3ccc(CCCC)cc3)CO2)cc1. The van der Waals surface area contributed by atoms with E-state index in [1.165, 1.54) is 67.2 Å². The summed E-state index contributed by atoms with van der Waals surface area (Å²) in [7, 11) is 0. The molecule has 0 aliphatic carbocycles. The number of rotatable bonds is 10. The summed E-state index contributed by atoms with van der Waals surface area (Å²) in [5.41, 5.74) is 5.29. The Kier molecular flexibility index (Phi) is 8.57. The van der Waals surface area contributed by atoms with E-state index >= 15 is 0 Å². The van der Waals surface area contributed by atoms with Crippen molar-refractivity contribution in [3.05, 3.63) is 70.8 Å². The van der Waals surface area contributed by atoms with Crippen LogP contribution in [0.2, 0.25) is 0 Å². The molecule has 0 radical (unpaired) electrons. The van der Waals surface area contributed by atoms with E-state index in [0.29, 0.717) is 13.2 Å². The van der Waals surface area contributed by atoms with E-state index < -0.39 is 0 Å². The molecular formula is C26H36O2. The van der Waals surface area contributed by atoms with Gasteiger partial charge in [0.2, 0.25) is 0 Å². The zero-order valence-corrected chi connectivity index (χ0v) is 17.7. The first kappa shape index (κ1) is 21.1. The maximum Gasteiger partial charge on any atom is 0.106 e. The van der Waals surface area contributed by atoms with Crippen LogP contribution in [0.4, 0.5) is 0 Å². The first-order chi connectivity index (χ1) is 13.8. The summed E-state index contributed by atoms with van der Waals surface area (Å²) in [6.45, 7) is 5.74. The molecule has 2 atom stereocenters. The average Bonchev–Trinajstić information content (AvgIpc) is 2.76. The summed E-state index contributed by atoms with van der Waals surface area (Å²) in [5, 5.41) is 0. The number of hydrogen-bond donors (Lipinski definition) is 0. The van der Waals surface area contributed by atoms with Crippen molar-refractivity contribution in [2.75, 3.05) is 13.2 Å². The Hall–Kier alpha value is -1.64. The Labute approximate surface area is 171 Å². The van der Waals surface area contributed by atoms with Gasteiger partial charge >= 0.3 is 0 Å². The van der Waals surface area contributed by atoms with Crippen LogP contribution in [0.1, 0.15) is 86.8 Å². The maximum absolute atomic E-state index is 6.15. The van der Waals surface area contributed by atoms with Gasteiger partial charge in [-0.15, -0.1) is 0 Å². The third-order valence-electron chi connectivity index (χ3n) is 5.74. The van der Waals surface area contributed by atoms with E-state index in [-0.39, 0.29) is 12.2 Å². The summed E-state index contributed by atoms with van der Waals surface area (Å²) in [6, 6.07) is 17.8. The second kappa shape index (κ2) is 11.4. The lowest BCUT2D eigenvalue weighted by atomic mass is 10.0. The molecule has 2 nitrogen and oxygen atoms in total. The highest BCUT2D eigenvalue weighted by Crippen LogP contribution is 2.30. The van der Waals surface area contributed by atoms with Crippen molar-refractivity contribution in [3.63, 3.8) is 0 Å². The predicted octanol–water partition coefficient (Wildman–Crippen LogP) is 6.98. The number of unbranched alkanes of at least 4 members (excludes halogenated alkanes) is 4. The standard InChI is InChI=1S/C26H36O2/c1-3-5-7-8-10-22-13-17-24(18-14-22)26-20-27-25(19-28-26)23-15-11-21(12-16-23)9-6-4-2/h11-18,25-26H,3-10,19-20H2,1-2H3/t25-,26+/m0/s1. The Bertz CT molecular complexity index is 667. The third-order valence-corrected chi connectivity index (χ3v) is 5.74. The molecule has 0 amide bonds. The van der Waals surface area contributed by atoms with Gasteiger partial charge in [0.1, 0.15) is 12.2 Å². The Morgan fingerprint density at radius 3 is 1.50 bits per heavy atom. The van der Waals surface area contributed by atoms with Crippen LogP contribution in [0.25, 0.3) is 0 Å². The number of ether oxygens (including phenoxy) is 2. The fraction of sp³-hybridized carbons (Fsp3) is 0.538. The number of hydrogen-bond acceptors (Lipinski definition) is 2. The first-order valence-electron chi connectivity index (χ1n) is 11.2. The highest BCUT2D eigenvalue weighted by Gasteiger charge is 2.24. The van der Waals surface area contributed by atoms with Crippen LogP contribution in [0.3, 0.4) is 0 Å². The van der Waals surface area contributed by atoms with E-state index in [9.17, 15) is 0 Å². The largest absolute Gasteiger partial charge is 0.368 e. The minimum absolute atomic E-state index is 0.0502. The van der Waals surface area contributed by atoms with E-state index in [4.69, 9.17) is 9.47 Å². The van der Waals surface area contributed by atoms with Gasteiger partial charge in [0.15, 0.2) is 0 Å². The quantitative estimate of drug-likeness (QED) is 0.414. The van der Waals surface area contributed by atoms with Crippen LogP contribution in [0.15, 0.2) is 48.5 Å². The van der Waals surface area contributed by atoms with Crippen molar-refractivity contribution in [2.45, 2.75) is 77.4 Å². The molecule has 1 saturated heterocycles. The molecule has 0 spiro atoms. The number of benzene rings is 2. The molecule has 28 heavy (non-hydrogen) atoms. The lowest BCUT2D eigenvalue weighted by molar-refractivity contribution is -0.137. The minimum atomic E-state index is 0.0502. The summed E-state index contributed by atoms with van der Waals surface area (Å²) in [4.78, 5) is 0. The van der Waals surface area contributed by atoms with Crippen LogP contribution in [-0.2, 0) is 22.3 Å². The summed E-state index contributed by atoms with van der Waals surface area (Å²) >= 11 is 0. The van der Waals surface area contributed by atoms with Crippen molar-refractivity contribution >= 4 is 0 Å². The van der Waals surface area contributed by atoms with Crippen LogP contribution >= 0.6 is 0 Å². The summed E-state index contributed by atoms with van der Waals surface area (Å²) < 4.78 is 12.3. The van der Waals surface area contributed by atoms with Gasteiger partial charge in [0.25, 0.3) is 0 Å². The van der Waals surface area contributed by atoms with Crippen LogP contribution in [0.5, 0.6) is 0 Å². The van der Waals surface area contributed by atoms with Crippen molar-refractivity contribution in [3.8, 4) is 0 Å². The van der Waals surface area contributed by atoms with Gasteiger partial charge in [-0.3, -0.25) is 0 Å². The fourth-order valence-electron chi connectivity index (χ4n) is 3.82. The van der Waals surface area contributed by atoms with Gasteiger partial charge in [-0.25, -0.2) is 0 Å². The molecule has 2 heteroatoms. The highest BCUT2D eigenvalue weighted by atomic mass is 16.6. The zero-order valence-electron chi connectivity index (χ0n) is 17.7. The molecule has 2 aromatic carbocycles. The average molecular weight is 381 g/mol. The third kappa shape index (κ3) is 6.18. The van der Waals surface area contributed by atoms with Crippen LogP contribution in [-0.4, -0.2) is 13.2 Å². The molecule has 1 fully saturated rings. The molecule has 0 saturated carbocycles. The van der Waals surface area contributed by atoms with E-state index in [0.717, 1.165) is 6.42 Å². The Morgan fingerprint density at radius 2 is 1.07 bits per heavy atom. The number of aryl methyl sites for hydroxylation is 2. The molecule has 0 unspecified atom stereocenters. The molecule has 1 heterocycles. The van der Waals surface area contributed by atoms with Crippen molar-refractivity contribution in [1.82, 2.24) is 0 Å². The maximum atomic E-state index is 6.15. The second-order valence-electron chi connectivity index (χ2n) is 8.04. The van der Waals surface area contributed by atoms with Gasteiger partial charge in [-0.2, -0.15) is 0 Å². The molecular weight excluding hydrogens is 344 g/mol. The van der Waals surface area contributed by atoms with Crippen molar-refractivity contribution in [1.29, 1.82) is 0 Å². The lowest BCUT2D eigenvalue weighted by Gasteiger charge is -2.30. The minimum Gasteiger partial charge on any atom is -0.368 e. The Balaban J connectivity index is 1.47. The topological polar surface area (TPSA) is 18.5 Å². The predicted molar refractivity (Wildman–Crippen MR) is 117 cm³/mol. The molecule has 2 aromatic rings. The van der Waals surface area contributed by atoms with Crippen LogP contribution in [0, 0.1) is 0 Å². The molecule has 0 aromatic heterocycles. The van der Waals surface area contributed by atoms with E-state index in [2.05, 4.69) is 62.4 Å². The van der Waals surface area contributed by atoms with Gasteiger partial charge in [-0.1, -0.05) is 88.1 Å². The van der Waals surface area contributed by atoms with E-state index in [1.807, 2.05) is 0 Å². The molecule has 1 aliphatic heterocycles. The second-order valence-corrected chi connectivity index (χ2v) is 8.04. The summed E-state index contributed by atoms with van der Waals surface area (Å²) in [5.74, 6) is 0. The van der Waals surface area contributed by atoms with Gasteiger partial charge in [-0.05, 0) is 47.9 Å². The molecule has 152 valence electrons. The van der Waals surface area contributed by atoms with Crippen molar-refractivity contribution < 1.29 is 9.47 Å². The summed E-state index contributed by atoms with van der Waals surface area (Å²) in [6.07, 6.45) is 10.2. The van der Waals surface area contributed by atoms with Crippen LogP contribution < -0.4 is 0 Å². The van der Waals surface area contributed by atoms with Gasteiger partial charge < -0.3 is 9.47 Å². The van der Waals surface area contributed by atoms with E-state index in [1.54, 1.807) is 0 Å². The smallest absolute Gasteiger partial charge is 0.106 e. The highest BCUT2D eigenvalue weighted by molar-refractivity contribution is 5.26. The molecule has 3 rings (SSSR count). The molecule has 0 bridgehead atoms. The van der Waals surface area contributed by atoms with Gasteiger partial charge in [0, 0.05) is 0 Å². The Morgan fingerprint density at radius 1 is 0.607 bits per heavy atom. The normalized spacial score (nSPS) is 19.6.